The van der Waals surface area contributed by atoms with Gasteiger partial charge in [-0.15, -0.1) is 0 Å². The van der Waals surface area contributed by atoms with E-state index in [-0.39, 0.29) is 0 Å². The number of hydrogen-bond donors (Lipinski definition) is 0. The molecule has 0 bridgehead atoms. The van der Waals surface area contributed by atoms with Crippen molar-refractivity contribution in [1.82, 2.24) is 0 Å². The predicted molar refractivity (Wildman–Crippen MR) is 229 cm³/mol. The van der Waals surface area contributed by atoms with Gasteiger partial charge in [-0.25, -0.2) is 0 Å². The highest BCUT2D eigenvalue weighted by Gasteiger charge is 2.10. The van der Waals surface area contributed by atoms with Crippen LogP contribution in [0.4, 0.5) is 0 Å². The smallest absolute Gasteiger partial charge is 0.126 e. The minimum absolute atomic E-state index is 0.811. The first-order chi connectivity index (χ1) is 25.3. The first kappa shape index (κ1) is 47.8. The Morgan fingerprint density at radius 3 is 0.824 bits per heavy atom. The van der Waals surface area contributed by atoms with Gasteiger partial charge in [0.15, 0.2) is 0 Å². The normalized spacial score (nSPS) is 11.4. The van der Waals surface area contributed by atoms with Gasteiger partial charge in [0, 0.05) is 5.56 Å². The lowest BCUT2D eigenvalue weighted by atomic mass is 10.0. The molecule has 0 amide bonds. The average Bonchev–Trinajstić information content (AvgIpc) is 3.14. The van der Waals surface area contributed by atoms with Gasteiger partial charge >= 0.3 is 0 Å². The minimum Gasteiger partial charge on any atom is -0.493 e. The zero-order chi connectivity index (χ0) is 36.6. The van der Waals surface area contributed by atoms with Crippen molar-refractivity contribution in [2.75, 3.05) is 13.2 Å². The summed E-state index contributed by atoms with van der Waals surface area (Å²) >= 11 is 0. The largest absolute Gasteiger partial charge is 0.493 e. The molecule has 0 aliphatic heterocycles. The highest BCUT2D eigenvalue weighted by Crippen LogP contribution is 2.30. The first-order valence-electron chi connectivity index (χ1n) is 23.5. The third kappa shape index (κ3) is 32.0. The Bertz CT molecular complexity index is 743. The maximum atomic E-state index is 6.30. The zero-order valence-corrected chi connectivity index (χ0v) is 35.0. The van der Waals surface area contributed by atoms with Gasteiger partial charge < -0.3 is 9.47 Å². The summed E-state index contributed by atoms with van der Waals surface area (Å²) < 4.78 is 12.6. The Labute approximate surface area is 321 Å². The van der Waals surface area contributed by atoms with Crippen LogP contribution in [0.15, 0.2) is 18.2 Å². The second-order valence-electron chi connectivity index (χ2n) is 16.1. The quantitative estimate of drug-likeness (QED) is 0.0629. The molecule has 299 valence electrons. The van der Waals surface area contributed by atoms with Crippen LogP contribution in [0.3, 0.4) is 0 Å². The molecule has 1 aromatic rings. The number of hydrogen-bond acceptors (Lipinski definition) is 2. The van der Waals surface area contributed by atoms with Gasteiger partial charge in [-0.3, -0.25) is 0 Å². The van der Waals surface area contributed by atoms with E-state index in [9.17, 15) is 0 Å². The van der Waals surface area contributed by atoms with Gasteiger partial charge in [-0.2, -0.15) is 0 Å². The second kappa shape index (κ2) is 40.0. The van der Waals surface area contributed by atoms with E-state index in [1.807, 2.05) is 0 Å². The summed E-state index contributed by atoms with van der Waals surface area (Å²) in [6.07, 6.45) is 52.5. The Hall–Kier alpha value is -1.18. The Morgan fingerprint density at radius 1 is 0.353 bits per heavy atom. The van der Waals surface area contributed by atoms with Crippen molar-refractivity contribution in [1.29, 1.82) is 0 Å². The van der Waals surface area contributed by atoms with Crippen LogP contribution in [0.2, 0.25) is 0 Å². The lowest BCUT2D eigenvalue weighted by Gasteiger charge is -2.16. The molecule has 0 saturated carbocycles. The lowest BCUT2D eigenvalue weighted by Crippen LogP contribution is -2.04. The van der Waals surface area contributed by atoms with E-state index in [0.717, 1.165) is 50.4 Å². The molecule has 2 nitrogen and oxygen atoms in total. The summed E-state index contributed by atoms with van der Waals surface area (Å²) in [4.78, 5) is 0. The number of rotatable bonds is 42. The Balaban J connectivity index is 1.97. The van der Waals surface area contributed by atoms with Crippen LogP contribution in [-0.2, 0) is 6.42 Å². The Morgan fingerprint density at radius 2 is 0.588 bits per heavy atom. The van der Waals surface area contributed by atoms with Crippen LogP contribution in [0, 0.1) is 6.92 Å². The summed E-state index contributed by atoms with van der Waals surface area (Å²) in [5, 5.41) is 0. The fraction of sp³-hybridized carbons (Fsp3) is 0.857. The van der Waals surface area contributed by atoms with Gasteiger partial charge in [0.05, 0.1) is 13.2 Å². The fourth-order valence-electron chi connectivity index (χ4n) is 7.61. The third-order valence-corrected chi connectivity index (χ3v) is 11.0. The van der Waals surface area contributed by atoms with Crippen LogP contribution in [0.1, 0.15) is 257 Å². The number of benzene rings is 1. The summed E-state index contributed by atoms with van der Waals surface area (Å²) in [6, 6.07) is 6.36. The summed E-state index contributed by atoms with van der Waals surface area (Å²) in [6.45, 7) is 10.4. The molecule has 2 heteroatoms. The van der Waals surface area contributed by atoms with Crippen molar-refractivity contribution in [2.45, 2.75) is 258 Å². The zero-order valence-electron chi connectivity index (χ0n) is 35.0. The van der Waals surface area contributed by atoms with Crippen molar-refractivity contribution in [3.8, 4) is 11.5 Å². The average molecular weight is 712 g/mol. The molecule has 0 saturated heterocycles. The predicted octanol–water partition coefficient (Wildman–Crippen LogP) is 17.3. The molecule has 51 heavy (non-hydrogen) atoms. The third-order valence-electron chi connectivity index (χ3n) is 11.0. The van der Waals surface area contributed by atoms with E-state index in [1.165, 1.54) is 224 Å². The maximum Gasteiger partial charge on any atom is 0.126 e. The summed E-state index contributed by atoms with van der Waals surface area (Å²) in [5.74, 6) is 2.03. The van der Waals surface area contributed by atoms with Crippen molar-refractivity contribution in [3.63, 3.8) is 0 Å². The molecule has 1 aromatic carbocycles. The second-order valence-corrected chi connectivity index (χ2v) is 16.1. The first-order valence-corrected chi connectivity index (χ1v) is 23.5. The van der Waals surface area contributed by atoms with E-state index < -0.39 is 0 Å². The van der Waals surface area contributed by atoms with Crippen molar-refractivity contribution in [2.24, 2.45) is 0 Å². The molecular formula is C49H91O2. The van der Waals surface area contributed by atoms with Crippen LogP contribution in [-0.4, -0.2) is 13.2 Å². The molecule has 1 rings (SSSR count). The van der Waals surface area contributed by atoms with Crippen LogP contribution >= 0.6 is 0 Å². The van der Waals surface area contributed by atoms with Crippen LogP contribution in [0.5, 0.6) is 11.5 Å². The van der Waals surface area contributed by atoms with E-state index in [2.05, 4.69) is 39.0 Å². The molecule has 0 heterocycles. The SMILES string of the molecule is [CH2]CCc1c(OCCCCCCCCCCCCCCCCCCCC)cccc1OCCCCCCCCCCCCCCCCCCCC. The van der Waals surface area contributed by atoms with Gasteiger partial charge in [-0.1, -0.05) is 245 Å². The molecule has 0 atom stereocenters. The van der Waals surface area contributed by atoms with Gasteiger partial charge in [0.2, 0.25) is 0 Å². The number of unbranched alkanes of at least 4 members (excludes halogenated alkanes) is 34. The lowest BCUT2D eigenvalue weighted by molar-refractivity contribution is 0.284. The molecule has 0 aliphatic carbocycles. The van der Waals surface area contributed by atoms with Crippen molar-refractivity contribution in [3.05, 3.63) is 30.7 Å². The molecule has 0 spiro atoms. The van der Waals surface area contributed by atoms with Gasteiger partial charge in [0.25, 0.3) is 0 Å². The standard InChI is InChI=1S/C49H91O2/c1-4-7-9-11-13-15-17-19-21-23-25-27-29-31-33-35-37-39-45-50-48-43-41-44-49(47(48)42-6-3)51-46-40-38-36-34-32-30-28-26-24-22-20-18-16-14-12-10-8-5-2/h41,43-44H,3-40,42,45-46H2,1-2H3. The Kier molecular flexibility index (Phi) is 37.5. The van der Waals surface area contributed by atoms with Crippen LogP contribution < -0.4 is 9.47 Å². The van der Waals surface area contributed by atoms with E-state index in [1.54, 1.807) is 0 Å². The molecule has 1 radical (unpaired) electrons. The molecule has 0 fully saturated rings. The van der Waals surface area contributed by atoms with E-state index >= 15 is 0 Å². The highest BCUT2D eigenvalue weighted by atomic mass is 16.5. The van der Waals surface area contributed by atoms with Gasteiger partial charge in [0.1, 0.15) is 11.5 Å². The summed E-state index contributed by atoms with van der Waals surface area (Å²) in [7, 11) is 0. The number of ether oxygens (including phenoxy) is 2. The molecule has 0 aliphatic rings. The topological polar surface area (TPSA) is 18.5 Å². The maximum absolute atomic E-state index is 6.30. The molecule has 0 unspecified atom stereocenters. The monoisotopic (exact) mass is 712 g/mol. The van der Waals surface area contributed by atoms with Crippen LogP contribution in [0.25, 0.3) is 0 Å². The van der Waals surface area contributed by atoms with Gasteiger partial charge in [-0.05, 0) is 37.8 Å². The highest BCUT2D eigenvalue weighted by molar-refractivity contribution is 5.45. The van der Waals surface area contributed by atoms with Crippen molar-refractivity contribution >= 4 is 0 Å². The minimum atomic E-state index is 0.811. The molecular weight excluding hydrogens is 621 g/mol. The van der Waals surface area contributed by atoms with E-state index in [4.69, 9.17) is 9.47 Å². The summed E-state index contributed by atoms with van der Waals surface area (Å²) in [5.41, 5.74) is 1.22. The van der Waals surface area contributed by atoms with E-state index in [0.29, 0.717) is 0 Å². The van der Waals surface area contributed by atoms with Crippen molar-refractivity contribution < 1.29 is 9.47 Å². The molecule has 0 N–H and O–H groups in total. The fourth-order valence-corrected chi connectivity index (χ4v) is 7.61. The molecule has 0 aromatic heterocycles.